The van der Waals surface area contributed by atoms with E-state index in [0.29, 0.717) is 29.8 Å². The molecule has 0 saturated carbocycles. The summed E-state index contributed by atoms with van der Waals surface area (Å²) in [6, 6.07) is 6.02. The Balaban J connectivity index is 2.48. The first-order chi connectivity index (χ1) is 17.0. The lowest BCUT2D eigenvalue weighted by Crippen LogP contribution is -2.42. The third kappa shape index (κ3) is 4.95. The number of aromatic nitrogens is 2. The number of carbonyl (C=O) groups is 1. The second-order valence-corrected chi connectivity index (χ2v) is 8.42. The van der Waals surface area contributed by atoms with Gasteiger partial charge < -0.3 is 9.64 Å². The van der Waals surface area contributed by atoms with Crippen molar-refractivity contribution in [2.75, 3.05) is 26.2 Å². The smallest absolute Gasteiger partial charge is 0.418 e. The number of carbonyl (C=O) groups excluding carboxylic acids is 1. The van der Waals surface area contributed by atoms with Crippen LogP contribution in [-0.2, 0) is 17.5 Å². The minimum atomic E-state index is -4.79. The highest BCUT2D eigenvalue weighted by atomic mass is 19.4. The van der Waals surface area contributed by atoms with E-state index in [-0.39, 0.29) is 35.2 Å². The van der Waals surface area contributed by atoms with Gasteiger partial charge in [-0.2, -0.15) is 13.2 Å². The molecule has 0 aliphatic rings. The van der Waals surface area contributed by atoms with Gasteiger partial charge in [-0.3, -0.25) is 9.36 Å². The summed E-state index contributed by atoms with van der Waals surface area (Å²) in [5.41, 5.74) is -2.28. The average Bonchev–Trinajstić information content (AvgIpc) is 2.81. The number of para-hydroxylation sites is 1. The number of fused-ring (bicyclic) bond motifs is 1. The first kappa shape index (κ1) is 27.2. The third-order valence-corrected chi connectivity index (χ3v) is 6.35. The van der Waals surface area contributed by atoms with Gasteiger partial charge in [0.2, 0.25) is 0 Å². The Morgan fingerprint density at radius 1 is 1.06 bits per heavy atom. The molecule has 0 unspecified atom stereocenters. The number of rotatable bonds is 8. The molecule has 2 aromatic carbocycles. The van der Waals surface area contributed by atoms with Crippen molar-refractivity contribution in [1.29, 1.82) is 0 Å². The van der Waals surface area contributed by atoms with Crippen molar-refractivity contribution >= 4 is 16.9 Å². The van der Waals surface area contributed by atoms with Gasteiger partial charge in [-0.1, -0.05) is 26.0 Å². The molecular formula is C26H30F3N3O4. The number of nitrogens with zero attached hydrogens (tertiary/aromatic N) is 3. The Kier molecular flexibility index (Phi) is 8.08. The Bertz CT molecular complexity index is 1400. The zero-order chi connectivity index (χ0) is 26.8. The Labute approximate surface area is 206 Å². The minimum absolute atomic E-state index is 0.000206. The van der Waals surface area contributed by atoms with Crippen molar-refractivity contribution in [3.05, 3.63) is 73.4 Å². The quantitative estimate of drug-likeness (QED) is 0.427. The molecule has 7 nitrogen and oxygen atoms in total. The maximum atomic E-state index is 13.9. The average molecular weight is 506 g/mol. The maximum absolute atomic E-state index is 13.9. The number of likely N-dealkylation sites (N-methyl/N-ethyl adjacent to an activating group) is 1. The lowest BCUT2D eigenvalue weighted by Gasteiger charge is -2.22. The lowest BCUT2D eigenvalue weighted by atomic mass is 9.98. The van der Waals surface area contributed by atoms with Gasteiger partial charge in [-0.25, -0.2) is 14.2 Å². The summed E-state index contributed by atoms with van der Waals surface area (Å²) >= 11 is 0. The number of benzene rings is 2. The number of esters is 1. The number of hydrogen-bond donors (Lipinski definition) is 0. The molecule has 0 N–H and O–H groups in total. The van der Waals surface area contributed by atoms with Gasteiger partial charge in [-0.05, 0) is 63.2 Å². The molecule has 0 aliphatic carbocycles. The topological polar surface area (TPSA) is 73.5 Å². The number of hydrogen-bond acceptors (Lipinski definition) is 5. The monoisotopic (exact) mass is 505 g/mol. The fraction of sp³-hybridized carbons (Fsp3) is 0.423. The highest BCUT2D eigenvalue weighted by molar-refractivity contribution is 5.99. The van der Waals surface area contributed by atoms with E-state index >= 15 is 0 Å². The molecule has 194 valence electrons. The minimum Gasteiger partial charge on any atom is -0.462 e. The van der Waals surface area contributed by atoms with E-state index in [2.05, 4.69) is 4.90 Å². The first-order valence-corrected chi connectivity index (χ1v) is 11.8. The van der Waals surface area contributed by atoms with Gasteiger partial charge in [0.25, 0.3) is 5.56 Å². The van der Waals surface area contributed by atoms with Crippen LogP contribution in [0.3, 0.4) is 0 Å². The molecule has 36 heavy (non-hydrogen) atoms. The van der Waals surface area contributed by atoms with Crippen LogP contribution in [0.5, 0.6) is 0 Å². The van der Waals surface area contributed by atoms with E-state index in [4.69, 9.17) is 4.74 Å². The largest absolute Gasteiger partial charge is 0.462 e. The van der Waals surface area contributed by atoms with Crippen LogP contribution in [0, 0.1) is 13.8 Å². The SMILES string of the molecule is CCOC(=O)c1c(C)cc2c(c1C)c(=O)n(-c1ccccc1C(F)(F)F)c(=O)n2CCN(CC)CC. The van der Waals surface area contributed by atoms with Gasteiger partial charge >= 0.3 is 17.8 Å². The predicted molar refractivity (Wildman–Crippen MR) is 132 cm³/mol. The molecule has 0 aliphatic heterocycles. The van der Waals surface area contributed by atoms with Crippen LogP contribution in [0.1, 0.15) is 47.8 Å². The molecular weight excluding hydrogens is 475 g/mol. The summed E-state index contributed by atoms with van der Waals surface area (Å²) < 4.78 is 48.6. The molecule has 0 radical (unpaired) electrons. The van der Waals surface area contributed by atoms with Gasteiger partial charge in [0, 0.05) is 13.1 Å². The van der Waals surface area contributed by atoms with Crippen LogP contribution in [0.2, 0.25) is 0 Å². The lowest BCUT2D eigenvalue weighted by molar-refractivity contribution is -0.137. The molecule has 0 saturated heterocycles. The zero-order valence-corrected chi connectivity index (χ0v) is 21.0. The van der Waals surface area contributed by atoms with E-state index < -0.39 is 34.6 Å². The van der Waals surface area contributed by atoms with E-state index in [0.717, 1.165) is 12.1 Å². The fourth-order valence-corrected chi connectivity index (χ4v) is 4.50. The predicted octanol–water partition coefficient (Wildman–Crippen LogP) is 4.31. The summed E-state index contributed by atoms with van der Waals surface area (Å²) in [6.45, 7) is 10.9. The summed E-state index contributed by atoms with van der Waals surface area (Å²) in [4.78, 5) is 42.1. The second-order valence-electron chi connectivity index (χ2n) is 8.42. The highest BCUT2D eigenvalue weighted by Crippen LogP contribution is 2.33. The molecule has 3 rings (SSSR count). The second kappa shape index (κ2) is 10.7. The molecule has 0 amide bonds. The van der Waals surface area contributed by atoms with Crippen LogP contribution >= 0.6 is 0 Å². The van der Waals surface area contributed by atoms with Crippen LogP contribution in [-0.4, -0.2) is 46.2 Å². The van der Waals surface area contributed by atoms with E-state index in [9.17, 15) is 27.6 Å². The van der Waals surface area contributed by atoms with Gasteiger partial charge in [0.1, 0.15) is 0 Å². The first-order valence-electron chi connectivity index (χ1n) is 11.8. The van der Waals surface area contributed by atoms with Gasteiger partial charge in [-0.15, -0.1) is 0 Å². The number of ether oxygens (including phenoxy) is 1. The maximum Gasteiger partial charge on any atom is 0.418 e. The molecule has 0 spiro atoms. The number of alkyl halides is 3. The summed E-state index contributed by atoms with van der Waals surface area (Å²) in [7, 11) is 0. The van der Waals surface area contributed by atoms with Crippen molar-refractivity contribution < 1.29 is 22.7 Å². The molecule has 1 aromatic heterocycles. The third-order valence-electron chi connectivity index (χ3n) is 6.35. The molecule has 3 aromatic rings. The van der Waals surface area contributed by atoms with Crippen LogP contribution < -0.4 is 11.2 Å². The zero-order valence-electron chi connectivity index (χ0n) is 21.0. The summed E-state index contributed by atoms with van der Waals surface area (Å²) in [6.07, 6.45) is -4.79. The van der Waals surface area contributed by atoms with Crippen molar-refractivity contribution in [1.82, 2.24) is 14.0 Å². The number of halogens is 3. The van der Waals surface area contributed by atoms with Crippen molar-refractivity contribution in [2.24, 2.45) is 0 Å². The molecule has 10 heteroatoms. The Morgan fingerprint density at radius 3 is 2.28 bits per heavy atom. The highest BCUT2D eigenvalue weighted by Gasteiger charge is 2.35. The van der Waals surface area contributed by atoms with Crippen molar-refractivity contribution in [3.8, 4) is 5.69 Å². The van der Waals surface area contributed by atoms with Gasteiger partial charge in [0.05, 0.1) is 34.3 Å². The van der Waals surface area contributed by atoms with E-state index in [1.54, 1.807) is 26.8 Å². The molecule has 1 heterocycles. The molecule has 0 atom stereocenters. The van der Waals surface area contributed by atoms with Gasteiger partial charge in [0.15, 0.2) is 0 Å². The van der Waals surface area contributed by atoms with Crippen LogP contribution in [0.4, 0.5) is 13.2 Å². The molecule has 0 fully saturated rings. The Hall–Kier alpha value is -3.40. The summed E-state index contributed by atoms with van der Waals surface area (Å²) in [5, 5.41) is -0.000206. The number of aryl methyl sites for hydroxylation is 2. The van der Waals surface area contributed by atoms with E-state index in [1.165, 1.54) is 16.7 Å². The van der Waals surface area contributed by atoms with Crippen LogP contribution in [0.15, 0.2) is 39.9 Å². The fourth-order valence-electron chi connectivity index (χ4n) is 4.50. The van der Waals surface area contributed by atoms with Crippen molar-refractivity contribution in [3.63, 3.8) is 0 Å². The van der Waals surface area contributed by atoms with E-state index in [1.807, 2.05) is 13.8 Å². The van der Waals surface area contributed by atoms with Crippen LogP contribution in [0.25, 0.3) is 16.6 Å². The normalized spacial score (nSPS) is 11.9. The molecule has 0 bridgehead atoms. The Morgan fingerprint density at radius 2 is 1.69 bits per heavy atom. The van der Waals surface area contributed by atoms with Crippen molar-refractivity contribution in [2.45, 2.75) is 47.3 Å². The standard InChI is InChI=1S/C26H30F3N3O4/c1-6-30(7-2)13-14-31-20-15-16(4)21(24(34)36-8-3)17(5)22(20)23(33)32(25(31)35)19-12-10-9-11-18(19)26(27,28)29/h9-12,15H,6-8,13-14H2,1-5H3. The summed E-state index contributed by atoms with van der Waals surface area (Å²) in [5.74, 6) is -0.642.